The van der Waals surface area contributed by atoms with Crippen molar-refractivity contribution >= 4 is 23.5 Å². The molecule has 1 aliphatic rings. The fourth-order valence-electron chi connectivity index (χ4n) is 1.61. The standard InChI is InChI=1S/C13H14N4O2/c1-2-8-14-13(19)15-11-9-12(18)17(16-11)10-6-4-3-5-7-10/h2-7H,1,8-9H2,(H2,14,15,16,19). The Morgan fingerprint density at radius 3 is 2.84 bits per heavy atom. The van der Waals surface area contributed by atoms with Crippen LogP contribution in [0.5, 0.6) is 0 Å². The number of amides is 3. The second kappa shape index (κ2) is 5.81. The highest BCUT2D eigenvalue weighted by Gasteiger charge is 2.25. The SMILES string of the molecule is C=CCNC(=O)NC1=NN(c2ccccc2)C(=O)C1. The Balaban J connectivity index is 2.03. The summed E-state index contributed by atoms with van der Waals surface area (Å²) in [5.41, 5.74) is 0.677. The number of urea groups is 1. The number of nitrogens with zero attached hydrogens (tertiary/aromatic N) is 2. The number of carbonyl (C=O) groups is 2. The van der Waals surface area contributed by atoms with Gasteiger partial charge in [-0.2, -0.15) is 10.1 Å². The molecule has 19 heavy (non-hydrogen) atoms. The van der Waals surface area contributed by atoms with Crippen LogP contribution in [0.2, 0.25) is 0 Å². The smallest absolute Gasteiger partial charge is 0.320 e. The summed E-state index contributed by atoms with van der Waals surface area (Å²) in [7, 11) is 0. The summed E-state index contributed by atoms with van der Waals surface area (Å²) < 4.78 is 0. The van der Waals surface area contributed by atoms with E-state index in [9.17, 15) is 9.59 Å². The molecule has 0 fully saturated rings. The van der Waals surface area contributed by atoms with Crippen LogP contribution in [-0.2, 0) is 4.79 Å². The molecular weight excluding hydrogens is 244 g/mol. The number of hydrogen-bond acceptors (Lipinski definition) is 3. The van der Waals surface area contributed by atoms with Gasteiger partial charge in [-0.3, -0.25) is 10.1 Å². The van der Waals surface area contributed by atoms with Gasteiger partial charge in [-0.05, 0) is 12.1 Å². The van der Waals surface area contributed by atoms with Crippen LogP contribution in [0.3, 0.4) is 0 Å². The normalized spacial score (nSPS) is 14.0. The van der Waals surface area contributed by atoms with E-state index in [0.717, 1.165) is 0 Å². The number of hydrogen-bond donors (Lipinski definition) is 2. The average molecular weight is 258 g/mol. The summed E-state index contributed by atoms with van der Waals surface area (Å²) in [4.78, 5) is 23.2. The van der Waals surface area contributed by atoms with E-state index < -0.39 is 6.03 Å². The molecule has 0 bridgehead atoms. The molecule has 98 valence electrons. The number of carbonyl (C=O) groups excluding carboxylic acids is 2. The fraction of sp³-hybridized carbons (Fsp3) is 0.154. The van der Waals surface area contributed by atoms with Gasteiger partial charge in [0.15, 0.2) is 0 Å². The lowest BCUT2D eigenvalue weighted by atomic mass is 10.3. The monoisotopic (exact) mass is 258 g/mol. The van der Waals surface area contributed by atoms with E-state index >= 15 is 0 Å². The molecule has 6 heteroatoms. The fourth-order valence-corrected chi connectivity index (χ4v) is 1.61. The van der Waals surface area contributed by atoms with Crippen LogP contribution in [-0.4, -0.2) is 24.3 Å². The number of para-hydroxylation sites is 1. The Hall–Kier alpha value is -2.63. The van der Waals surface area contributed by atoms with Gasteiger partial charge in [0.2, 0.25) is 0 Å². The second-order valence-corrected chi connectivity index (χ2v) is 3.89. The van der Waals surface area contributed by atoms with E-state index in [-0.39, 0.29) is 12.3 Å². The van der Waals surface area contributed by atoms with E-state index in [0.29, 0.717) is 18.1 Å². The van der Waals surface area contributed by atoms with E-state index in [2.05, 4.69) is 22.3 Å². The summed E-state index contributed by atoms with van der Waals surface area (Å²) in [6.07, 6.45) is 1.65. The molecule has 6 nitrogen and oxygen atoms in total. The van der Waals surface area contributed by atoms with Gasteiger partial charge in [-0.25, -0.2) is 4.79 Å². The quantitative estimate of drug-likeness (QED) is 0.800. The van der Waals surface area contributed by atoms with Crippen molar-refractivity contribution in [2.45, 2.75) is 6.42 Å². The molecule has 1 aliphatic heterocycles. The molecule has 0 aromatic heterocycles. The molecule has 2 rings (SSSR count). The topological polar surface area (TPSA) is 73.8 Å². The van der Waals surface area contributed by atoms with Crippen LogP contribution in [0.15, 0.2) is 48.1 Å². The zero-order valence-electron chi connectivity index (χ0n) is 10.3. The molecule has 0 saturated heterocycles. The van der Waals surface area contributed by atoms with Crippen molar-refractivity contribution in [2.75, 3.05) is 11.6 Å². The first-order valence-electron chi connectivity index (χ1n) is 5.82. The van der Waals surface area contributed by atoms with E-state index in [1.54, 1.807) is 18.2 Å². The van der Waals surface area contributed by atoms with Gasteiger partial charge in [0, 0.05) is 6.54 Å². The van der Waals surface area contributed by atoms with Crippen LogP contribution in [0, 0.1) is 0 Å². The summed E-state index contributed by atoms with van der Waals surface area (Å²) >= 11 is 0. The minimum absolute atomic E-state index is 0.0798. The lowest BCUT2D eigenvalue weighted by Crippen LogP contribution is -2.39. The van der Waals surface area contributed by atoms with E-state index in [4.69, 9.17) is 0 Å². The van der Waals surface area contributed by atoms with Crippen molar-refractivity contribution in [3.63, 3.8) is 0 Å². The van der Waals surface area contributed by atoms with E-state index in [1.165, 1.54) is 5.01 Å². The Morgan fingerprint density at radius 1 is 1.42 bits per heavy atom. The lowest BCUT2D eigenvalue weighted by Gasteiger charge is -2.10. The van der Waals surface area contributed by atoms with Crippen LogP contribution in [0.25, 0.3) is 0 Å². The molecule has 0 radical (unpaired) electrons. The van der Waals surface area contributed by atoms with Gasteiger partial charge in [0.1, 0.15) is 5.84 Å². The highest BCUT2D eigenvalue weighted by atomic mass is 16.2. The molecule has 0 spiro atoms. The number of anilines is 1. The first-order chi connectivity index (χ1) is 9.20. The zero-order valence-corrected chi connectivity index (χ0v) is 10.3. The van der Waals surface area contributed by atoms with Crippen molar-refractivity contribution in [2.24, 2.45) is 5.10 Å². The van der Waals surface area contributed by atoms with Gasteiger partial charge in [-0.1, -0.05) is 24.3 Å². The van der Waals surface area contributed by atoms with Gasteiger partial charge < -0.3 is 5.32 Å². The summed E-state index contributed by atoms with van der Waals surface area (Å²) in [6.45, 7) is 3.85. The molecule has 1 heterocycles. The number of rotatable bonds is 3. The molecule has 1 aromatic rings. The van der Waals surface area contributed by atoms with Crippen molar-refractivity contribution in [3.8, 4) is 0 Å². The second-order valence-electron chi connectivity index (χ2n) is 3.89. The molecule has 2 N–H and O–H groups in total. The number of benzene rings is 1. The van der Waals surface area contributed by atoms with Crippen LogP contribution >= 0.6 is 0 Å². The predicted molar refractivity (Wildman–Crippen MR) is 72.7 cm³/mol. The number of hydrazone groups is 1. The van der Waals surface area contributed by atoms with Gasteiger partial charge in [-0.15, -0.1) is 6.58 Å². The average Bonchev–Trinajstić information content (AvgIpc) is 2.78. The van der Waals surface area contributed by atoms with E-state index in [1.807, 2.05) is 18.2 Å². The Labute approximate surface area is 110 Å². The summed E-state index contributed by atoms with van der Waals surface area (Å²) in [5.74, 6) is 0.153. The van der Waals surface area contributed by atoms with Crippen molar-refractivity contribution in [1.82, 2.24) is 10.6 Å². The van der Waals surface area contributed by atoms with Crippen LogP contribution in [0.4, 0.5) is 10.5 Å². The van der Waals surface area contributed by atoms with Gasteiger partial charge in [0.25, 0.3) is 5.91 Å². The zero-order chi connectivity index (χ0) is 13.7. The molecule has 0 aliphatic carbocycles. The first kappa shape index (κ1) is 12.8. The number of nitrogens with one attached hydrogen (secondary N) is 2. The van der Waals surface area contributed by atoms with Crippen LogP contribution in [0.1, 0.15) is 6.42 Å². The van der Waals surface area contributed by atoms with Gasteiger partial charge in [0.05, 0.1) is 12.1 Å². The number of amidine groups is 1. The lowest BCUT2D eigenvalue weighted by molar-refractivity contribution is -0.116. The maximum atomic E-state index is 11.8. The molecular formula is C13H14N4O2. The summed E-state index contributed by atoms with van der Waals surface area (Å²) in [6, 6.07) is 8.65. The third kappa shape index (κ3) is 3.19. The minimum atomic E-state index is -0.402. The minimum Gasteiger partial charge on any atom is -0.334 e. The molecule has 1 aromatic carbocycles. The molecule has 0 saturated carbocycles. The third-order valence-electron chi connectivity index (χ3n) is 2.44. The first-order valence-corrected chi connectivity index (χ1v) is 5.82. The van der Waals surface area contributed by atoms with Crippen LogP contribution < -0.4 is 15.6 Å². The van der Waals surface area contributed by atoms with Crippen molar-refractivity contribution < 1.29 is 9.59 Å². The van der Waals surface area contributed by atoms with Gasteiger partial charge >= 0.3 is 6.03 Å². The third-order valence-corrected chi connectivity index (χ3v) is 2.44. The maximum absolute atomic E-state index is 11.8. The Morgan fingerprint density at radius 2 is 2.16 bits per heavy atom. The Bertz CT molecular complexity index is 525. The van der Waals surface area contributed by atoms with Crippen molar-refractivity contribution in [3.05, 3.63) is 43.0 Å². The molecule has 3 amide bonds. The predicted octanol–water partition coefficient (Wildman–Crippen LogP) is 1.22. The maximum Gasteiger partial charge on any atom is 0.320 e. The molecule has 0 unspecified atom stereocenters. The largest absolute Gasteiger partial charge is 0.334 e. The van der Waals surface area contributed by atoms with Crippen molar-refractivity contribution in [1.29, 1.82) is 0 Å². The Kier molecular flexibility index (Phi) is 3.92. The summed E-state index contributed by atoms with van der Waals surface area (Å²) in [5, 5.41) is 10.5. The highest BCUT2D eigenvalue weighted by Crippen LogP contribution is 2.18. The highest BCUT2D eigenvalue weighted by molar-refractivity contribution is 6.15. The molecule has 0 atom stereocenters.